The van der Waals surface area contributed by atoms with Gasteiger partial charge in [0.2, 0.25) is 0 Å². The van der Waals surface area contributed by atoms with E-state index >= 15 is 0 Å². The summed E-state index contributed by atoms with van der Waals surface area (Å²) in [6, 6.07) is 6.72. The molecule has 0 fully saturated rings. The van der Waals surface area contributed by atoms with E-state index in [9.17, 15) is 4.79 Å². The molecule has 1 atom stereocenters. The number of ether oxygens (including phenoxy) is 1. The maximum absolute atomic E-state index is 10.6. The first-order valence-electron chi connectivity index (χ1n) is 4.72. The quantitative estimate of drug-likeness (QED) is 0.756. The molecule has 1 amide bonds. The summed E-state index contributed by atoms with van der Waals surface area (Å²) in [5.41, 5.74) is 1.58. The number of amides is 1. The Morgan fingerprint density at radius 2 is 2.19 bits per heavy atom. The average molecular weight is 219 g/mol. The fourth-order valence-corrected chi connectivity index (χ4v) is 1.35. The minimum Gasteiger partial charge on any atom is -0.465 e. The van der Waals surface area contributed by atoms with E-state index in [1.54, 1.807) is 24.3 Å². The molecular weight excluding hydrogens is 206 g/mol. The van der Waals surface area contributed by atoms with Crippen LogP contribution in [0.3, 0.4) is 0 Å². The van der Waals surface area contributed by atoms with Crippen molar-refractivity contribution >= 4 is 6.09 Å². The van der Waals surface area contributed by atoms with E-state index in [-0.39, 0.29) is 12.6 Å². The Hall–Kier alpha value is -1.99. The summed E-state index contributed by atoms with van der Waals surface area (Å²) >= 11 is 0. The van der Waals surface area contributed by atoms with Crippen LogP contribution in [0.25, 0.3) is 0 Å². The Balaban J connectivity index is 2.84. The largest absolute Gasteiger partial charge is 0.465 e. The molecule has 2 N–H and O–H groups in total. The van der Waals surface area contributed by atoms with Gasteiger partial charge in [0.15, 0.2) is 0 Å². The Labute approximate surface area is 94.2 Å². The molecule has 1 unspecified atom stereocenters. The highest BCUT2D eigenvalue weighted by molar-refractivity contribution is 5.65. The molecule has 84 valence electrons. The number of hydrogen-bond donors (Lipinski definition) is 2. The first kappa shape index (κ1) is 12.1. The number of carbonyl (C=O) groups is 1. The van der Waals surface area contributed by atoms with E-state index in [1.165, 1.54) is 7.11 Å². The lowest BCUT2D eigenvalue weighted by atomic mass is 10.1. The summed E-state index contributed by atoms with van der Waals surface area (Å²) in [5.74, 6) is 2.50. The van der Waals surface area contributed by atoms with Crippen LogP contribution in [-0.2, 0) is 4.74 Å². The van der Waals surface area contributed by atoms with Gasteiger partial charge >= 0.3 is 6.09 Å². The Morgan fingerprint density at radius 3 is 2.62 bits per heavy atom. The minimum absolute atomic E-state index is 0.279. The highest BCUT2D eigenvalue weighted by atomic mass is 16.5. The van der Waals surface area contributed by atoms with Crippen LogP contribution in [0.2, 0.25) is 0 Å². The number of nitrogens with one attached hydrogen (secondary N) is 1. The van der Waals surface area contributed by atoms with Crippen molar-refractivity contribution in [2.24, 2.45) is 0 Å². The van der Waals surface area contributed by atoms with Crippen LogP contribution in [-0.4, -0.2) is 24.9 Å². The molecule has 0 aliphatic rings. The first-order chi connectivity index (χ1) is 7.67. The van der Waals surface area contributed by atoms with E-state index in [2.05, 4.69) is 11.2 Å². The predicted octanol–water partition coefficient (Wildman–Crippen LogP) is 1.62. The maximum atomic E-state index is 10.6. The number of benzene rings is 1. The SMILES string of the molecule is C#Cc1ccc(C(COC)NC(=O)O)cc1. The van der Waals surface area contributed by atoms with Crippen molar-refractivity contribution in [2.75, 3.05) is 13.7 Å². The summed E-state index contributed by atoms with van der Waals surface area (Å²) in [6.07, 6.45) is 4.15. The average Bonchev–Trinajstić information content (AvgIpc) is 2.28. The van der Waals surface area contributed by atoms with Crippen LogP contribution in [0.1, 0.15) is 17.2 Å². The summed E-state index contributed by atoms with van der Waals surface area (Å²) in [5, 5.41) is 11.0. The molecule has 1 aromatic carbocycles. The fraction of sp³-hybridized carbons (Fsp3) is 0.250. The Bertz CT molecular complexity index is 392. The fourth-order valence-electron chi connectivity index (χ4n) is 1.35. The second-order valence-corrected chi connectivity index (χ2v) is 3.22. The van der Waals surface area contributed by atoms with Crippen molar-refractivity contribution < 1.29 is 14.6 Å². The zero-order valence-electron chi connectivity index (χ0n) is 8.93. The third-order valence-corrected chi connectivity index (χ3v) is 2.11. The normalized spacial score (nSPS) is 11.5. The van der Waals surface area contributed by atoms with Crippen LogP contribution in [0.5, 0.6) is 0 Å². The predicted molar refractivity (Wildman–Crippen MR) is 60.2 cm³/mol. The molecule has 4 heteroatoms. The molecule has 0 aromatic heterocycles. The second-order valence-electron chi connectivity index (χ2n) is 3.22. The topological polar surface area (TPSA) is 58.6 Å². The van der Waals surface area contributed by atoms with Crippen molar-refractivity contribution in [3.8, 4) is 12.3 Å². The zero-order valence-corrected chi connectivity index (χ0v) is 8.93. The number of hydrogen-bond acceptors (Lipinski definition) is 2. The summed E-state index contributed by atoms with van der Waals surface area (Å²) < 4.78 is 4.95. The smallest absolute Gasteiger partial charge is 0.405 e. The third-order valence-electron chi connectivity index (χ3n) is 2.11. The molecule has 0 heterocycles. The van der Waals surface area contributed by atoms with E-state index < -0.39 is 6.09 Å². The highest BCUT2D eigenvalue weighted by Gasteiger charge is 2.13. The second kappa shape index (κ2) is 5.79. The molecule has 1 rings (SSSR count). The molecule has 1 aromatic rings. The van der Waals surface area contributed by atoms with Gasteiger partial charge < -0.3 is 15.2 Å². The summed E-state index contributed by atoms with van der Waals surface area (Å²) in [7, 11) is 1.52. The van der Waals surface area contributed by atoms with Crippen LogP contribution in [0.4, 0.5) is 4.79 Å². The van der Waals surface area contributed by atoms with Gasteiger partial charge in [-0.3, -0.25) is 0 Å². The molecule has 0 saturated carbocycles. The monoisotopic (exact) mass is 219 g/mol. The standard InChI is InChI=1S/C12H13NO3/c1-3-9-4-6-10(7-5-9)11(8-16-2)13-12(14)15/h1,4-7,11,13H,8H2,2H3,(H,14,15). The van der Waals surface area contributed by atoms with Gasteiger partial charge in [0, 0.05) is 12.7 Å². The minimum atomic E-state index is -1.08. The molecule has 16 heavy (non-hydrogen) atoms. The zero-order chi connectivity index (χ0) is 12.0. The molecule has 0 aliphatic carbocycles. The molecular formula is C12H13NO3. The van der Waals surface area contributed by atoms with Crippen molar-refractivity contribution in [1.29, 1.82) is 0 Å². The van der Waals surface area contributed by atoms with E-state index in [1.807, 2.05) is 0 Å². The number of terminal acetylenes is 1. The summed E-state index contributed by atoms with van der Waals surface area (Å²) in [4.78, 5) is 10.6. The molecule has 0 saturated heterocycles. The van der Waals surface area contributed by atoms with Gasteiger partial charge in [-0.1, -0.05) is 18.1 Å². The Morgan fingerprint density at radius 1 is 1.56 bits per heavy atom. The van der Waals surface area contributed by atoms with Gasteiger partial charge in [-0.2, -0.15) is 0 Å². The molecule has 0 spiro atoms. The van der Waals surface area contributed by atoms with Crippen molar-refractivity contribution in [3.63, 3.8) is 0 Å². The lowest BCUT2D eigenvalue weighted by Crippen LogP contribution is -2.29. The van der Waals surface area contributed by atoms with Gasteiger partial charge in [-0.25, -0.2) is 4.79 Å². The molecule has 4 nitrogen and oxygen atoms in total. The number of carboxylic acid groups (broad SMARTS) is 1. The summed E-state index contributed by atoms with van der Waals surface area (Å²) in [6.45, 7) is 0.279. The van der Waals surface area contributed by atoms with E-state index in [0.717, 1.165) is 11.1 Å². The third kappa shape index (κ3) is 3.30. The van der Waals surface area contributed by atoms with Crippen LogP contribution < -0.4 is 5.32 Å². The van der Waals surface area contributed by atoms with E-state index in [4.69, 9.17) is 16.3 Å². The van der Waals surface area contributed by atoms with Gasteiger partial charge in [-0.15, -0.1) is 6.42 Å². The number of rotatable bonds is 4. The van der Waals surface area contributed by atoms with Crippen molar-refractivity contribution in [3.05, 3.63) is 35.4 Å². The molecule has 0 radical (unpaired) electrons. The van der Waals surface area contributed by atoms with Crippen LogP contribution in [0, 0.1) is 12.3 Å². The van der Waals surface area contributed by atoms with Crippen LogP contribution in [0.15, 0.2) is 24.3 Å². The maximum Gasteiger partial charge on any atom is 0.405 e. The Kier molecular flexibility index (Phi) is 4.37. The number of methoxy groups -OCH3 is 1. The molecule has 0 aliphatic heterocycles. The van der Waals surface area contributed by atoms with Gasteiger partial charge in [0.25, 0.3) is 0 Å². The lowest BCUT2D eigenvalue weighted by molar-refractivity contribution is 0.152. The van der Waals surface area contributed by atoms with Gasteiger partial charge in [0.1, 0.15) is 0 Å². The van der Waals surface area contributed by atoms with Crippen LogP contribution >= 0.6 is 0 Å². The van der Waals surface area contributed by atoms with E-state index in [0.29, 0.717) is 0 Å². The van der Waals surface area contributed by atoms with Crippen molar-refractivity contribution in [1.82, 2.24) is 5.32 Å². The lowest BCUT2D eigenvalue weighted by Gasteiger charge is -2.16. The highest BCUT2D eigenvalue weighted by Crippen LogP contribution is 2.14. The van der Waals surface area contributed by atoms with Gasteiger partial charge in [-0.05, 0) is 17.7 Å². The first-order valence-corrected chi connectivity index (χ1v) is 4.72. The van der Waals surface area contributed by atoms with Gasteiger partial charge in [0.05, 0.1) is 12.6 Å². The molecule has 0 bridgehead atoms. The van der Waals surface area contributed by atoms with Crippen molar-refractivity contribution in [2.45, 2.75) is 6.04 Å².